The van der Waals surface area contributed by atoms with E-state index >= 15 is 0 Å². The fraction of sp³-hybridized carbons (Fsp3) is 0.417. The smallest absolute Gasteiger partial charge is 0.288 e. The molecule has 0 aliphatic heterocycles. The van der Waals surface area contributed by atoms with Crippen LogP contribution in [0.5, 0.6) is 5.75 Å². The lowest BCUT2D eigenvalue weighted by Gasteiger charge is -2.15. The highest BCUT2D eigenvalue weighted by atomic mass is 35.5. The highest BCUT2D eigenvalue weighted by Crippen LogP contribution is 2.29. The number of ether oxygens (including phenoxy) is 1. The molecule has 6 heteroatoms. The van der Waals surface area contributed by atoms with Gasteiger partial charge in [0.05, 0.1) is 23.0 Å². The van der Waals surface area contributed by atoms with Crippen molar-refractivity contribution in [1.29, 1.82) is 5.26 Å². The summed E-state index contributed by atoms with van der Waals surface area (Å²) in [6, 6.07) is 6.36. The lowest BCUT2D eigenvalue weighted by molar-refractivity contribution is -0.384. The standard InChI is InChI=1S/C12H13ClN2O3/c1-12(2,8-14)5-6-18-9-3-4-11(15(16)17)10(13)7-9/h3-4,7H,5-6H2,1-2H3. The number of nitro benzene ring substituents is 1. The minimum Gasteiger partial charge on any atom is -0.493 e. The van der Waals surface area contributed by atoms with Crippen LogP contribution in [0.4, 0.5) is 5.69 Å². The summed E-state index contributed by atoms with van der Waals surface area (Å²) in [5.41, 5.74) is -0.605. The molecule has 0 unspecified atom stereocenters. The number of nitrogens with zero attached hydrogens (tertiary/aromatic N) is 2. The summed E-state index contributed by atoms with van der Waals surface area (Å²) in [5.74, 6) is 0.458. The maximum Gasteiger partial charge on any atom is 0.288 e. The first kappa shape index (κ1) is 14.3. The quantitative estimate of drug-likeness (QED) is 0.604. The zero-order valence-corrected chi connectivity index (χ0v) is 10.9. The second-order valence-electron chi connectivity index (χ2n) is 4.46. The Bertz CT molecular complexity index is 495. The van der Waals surface area contributed by atoms with Crippen LogP contribution in [0.25, 0.3) is 0 Å². The highest BCUT2D eigenvalue weighted by molar-refractivity contribution is 6.32. The van der Waals surface area contributed by atoms with Crippen LogP contribution >= 0.6 is 11.6 Å². The van der Waals surface area contributed by atoms with Crippen LogP contribution in [0, 0.1) is 26.9 Å². The lowest BCUT2D eigenvalue weighted by atomic mass is 9.92. The summed E-state index contributed by atoms with van der Waals surface area (Å²) in [6.45, 7) is 3.99. The molecule has 1 aromatic rings. The van der Waals surface area contributed by atoms with Gasteiger partial charge in [-0.1, -0.05) is 11.6 Å². The predicted octanol–water partition coefficient (Wildman–Crippen LogP) is 3.57. The van der Waals surface area contributed by atoms with Gasteiger partial charge in [-0.05, 0) is 26.3 Å². The van der Waals surface area contributed by atoms with Gasteiger partial charge < -0.3 is 4.74 Å². The number of rotatable bonds is 5. The molecule has 0 aromatic heterocycles. The van der Waals surface area contributed by atoms with Crippen LogP contribution < -0.4 is 4.74 Å². The minimum absolute atomic E-state index is 0.0389. The summed E-state index contributed by atoms with van der Waals surface area (Å²) < 4.78 is 5.40. The van der Waals surface area contributed by atoms with Crippen molar-refractivity contribution in [3.63, 3.8) is 0 Å². The van der Waals surface area contributed by atoms with Crippen LogP contribution in [-0.4, -0.2) is 11.5 Å². The Hall–Kier alpha value is -1.80. The SMILES string of the molecule is CC(C)(C#N)CCOc1ccc([N+](=O)[O-])c(Cl)c1. The third-order valence-corrected chi connectivity index (χ3v) is 2.72. The van der Waals surface area contributed by atoms with Gasteiger partial charge in [0, 0.05) is 12.1 Å². The van der Waals surface area contributed by atoms with E-state index in [0.29, 0.717) is 18.8 Å². The van der Waals surface area contributed by atoms with Gasteiger partial charge in [0.25, 0.3) is 5.69 Å². The fourth-order valence-corrected chi connectivity index (χ4v) is 1.44. The number of hydrogen-bond acceptors (Lipinski definition) is 4. The maximum atomic E-state index is 10.6. The second-order valence-corrected chi connectivity index (χ2v) is 4.87. The Labute approximate surface area is 110 Å². The molecular formula is C12H13ClN2O3. The van der Waals surface area contributed by atoms with Crippen molar-refractivity contribution >= 4 is 17.3 Å². The summed E-state index contributed by atoms with van der Waals surface area (Å²) in [7, 11) is 0. The molecule has 0 saturated carbocycles. The van der Waals surface area contributed by atoms with Gasteiger partial charge >= 0.3 is 0 Å². The van der Waals surface area contributed by atoms with Crippen molar-refractivity contribution in [2.24, 2.45) is 5.41 Å². The predicted molar refractivity (Wildman–Crippen MR) is 67.6 cm³/mol. The van der Waals surface area contributed by atoms with Crippen LogP contribution in [0.1, 0.15) is 20.3 Å². The molecule has 0 fully saturated rings. The van der Waals surface area contributed by atoms with Crippen molar-refractivity contribution in [3.05, 3.63) is 33.3 Å². The molecule has 0 aliphatic rings. The molecule has 0 saturated heterocycles. The molecule has 18 heavy (non-hydrogen) atoms. The molecule has 0 amide bonds. The Balaban J connectivity index is 2.63. The molecule has 0 heterocycles. The number of halogens is 1. The average Bonchev–Trinajstić information content (AvgIpc) is 2.28. The molecule has 1 rings (SSSR count). The topological polar surface area (TPSA) is 76.2 Å². The molecule has 0 aliphatic carbocycles. The molecule has 0 atom stereocenters. The van der Waals surface area contributed by atoms with E-state index in [1.54, 1.807) is 0 Å². The maximum absolute atomic E-state index is 10.6. The zero-order valence-electron chi connectivity index (χ0n) is 10.1. The van der Waals surface area contributed by atoms with E-state index in [9.17, 15) is 10.1 Å². The van der Waals surface area contributed by atoms with Gasteiger partial charge in [-0.15, -0.1) is 0 Å². The largest absolute Gasteiger partial charge is 0.493 e. The van der Waals surface area contributed by atoms with Crippen molar-refractivity contribution in [3.8, 4) is 11.8 Å². The highest BCUT2D eigenvalue weighted by Gasteiger charge is 2.17. The molecule has 0 radical (unpaired) electrons. The third-order valence-electron chi connectivity index (χ3n) is 2.41. The number of benzene rings is 1. The van der Waals surface area contributed by atoms with Crippen LogP contribution in [0.15, 0.2) is 18.2 Å². The minimum atomic E-state index is -0.551. The van der Waals surface area contributed by atoms with Gasteiger partial charge in [0.1, 0.15) is 10.8 Å². The summed E-state index contributed by atoms with van der Waals surface area (Å²) in [5, 5.41) is 19.4. The first-order valence-electron chi connectivity index (χ1n) is 5.34. The molecule has 0 N–H and O–H groups in total. The van der Waals surface area contributed by atoms with Gasteiger partial charge in [0.2, 0.25) is 0 Å². The van der Waals surface area contributed by atoms with Gasteiger partial charge in [-0.3, -0.25) is 10.1 Å². The van der Waals surface area contributed by atoms with Gasteiger partial charge in [-0.25, -0.2) is 0 Å². The van der Waals surface area contributed by atoms with Crippen LogP contribution in [0.3, 0.4) is 0 Å². The molecule has 1 aromatic carbocycles. The third kappa shape index (κ3) is 3.90. The first-order chi connectivity index (χ1) is 8.35. The van der Waals surface area contributed by atoms with E-state index < -0.39 is 10.3 Å². The summed E-state index contributed by atoms with van der Waals surface area (Å²) in [6.07, 6.45) is 0.568. The fourth-order valence-electron chi connectivity index (χ4n) is 1.21. The number of nitriles is 1. The molecule has 5 nitrogen and oxygen atoms in total. The van der Waals surface area contributed by atoms with Gasteiger partial charge in [-0.2, -0.15) is 5.26 Å². The zero-order chi connectivity index (χ0) is 13.8. The van der Waals surface area contributed by atoms with E-state index in [1.165, 1.54) is 18.2 Å². The Kier molecular flexibility index (Phi) is 4.51. The molecule has 96 valence electrons. The van der Waals surface area contributed by atoms with E-state index in [2.05, 4.69) is 6.07 Å². The Morgan fingerprint density at radius 2 is 2.22 bits per heavy atom. The molecular weight excluding hydrogens is 256 g/mol. The van der Waals surface area contributed by atoms with E-state index in [0.717, 1.165) is 0 Å². The molecule has 0 spiro atoms. The summed E-state index contributed by atoms with van der Waals surface area (Å²) in [4.78, 5) is 10.0. The average molecular weight is 269 g/mol. The van der Waals surface area contributed by atoms with Crippen molar-refractivity contribution in [1.82, 2.24) is 0 Å². The summed E-state index contributed by atoms with van der Waals surface area (Å²) >= 11 is 5.75. The number of nitro groups is 1. The van der Waals surface area contributed by atoms with E-state index in [4.69, 9.17) is 21.6 Å². The Morgan fingerprint density at radius 1 is 1.56 bits per heavy atom. The van der Waals surface area contributed by atoms with E-state index in [1.807, 2.05) is 13.8 Å². The normalized spacial score (nSPS) is 10.8. The van der Waals surface area contributed by atoms with Crippen molar-refractivity contribution < 1.29 is 9.66 Å². The van der Waals surface area contributed by atoms with Crippen LogP contribution in [0.2, 0.25) is 5.02 Å². The van der Waals surface area contributed by atoms with Crippen molar-refractivity contribution in [2.75, 3.05) is 6.61 Å². The lowest BCUT2D eigenvalue weighted by Crippen LogP contribution is -2.13. The first-order valence-corrected chi connectivity index (χ1v) is 5.71. The number of hydrogen-bond donors (Lipinski definition) is 0. The van der Waals surface area contributed by atoms with Crippen molar-refractivity contribution in [2.45, 2.75) is 20.3 Å². The van der Waals surface area contributed by atoms with Crippen LogP contribution in [-0.2, 0) is 0 Å². The van der Waals surface area contributed by atoms with E-state index in [-0.39, 0.29) is 10.7 Å². The molecule has 0 bridgehead atoms. The monoisotopic (exact) mass is 268 g/mol. The second kappa shape index (κ2) is 5.69. The Morgan fingerprint density at radius 3 is 2.72 bits per heavy atom. The van der Waals surface area contributed by atoms with Gasteiger partial charge in [0.15, 0.2) is 0 Å².